The third kappa shape index (κ3) is 34.4. The quantitative estimate of drug-likeness (QED) is 0.340. The van der Waals surface area contributed by atoms with Crippen molar-refractivity contribution in [2.24, 2.45) is 0 Å². The van der Waals surface area contributed by atoms with Crippen LogP contribution in [0.25, 0.3) is 0 Å². The van der Waals surface area contributed by atoms with Crippen molar-refractivity contribution < 1.29 is 25.7 Å². The third-order valence-electron chi connectivity index (χ3n) is 0. The molecule has 0 saturated heterocycles. The van der Waals surface area contributed by atoms with Gasteiger partial charge in [-0.1, -0.05) is 0 Å². The van der Waals surface area contributed by atoms with Crippen molar-refractivity contribution in [3.8, 4) is 0 Å². The Morgan fingerprint density at radius 2 is 1.17 bits per heavy atom. The molecular weight excluding hydrogens is 179 g/mol. The molecule has 0 unspecified atom stereocenters. The molecule has 0 saturated carbocycles. The van der Waals surface area contributed by atoms with Crippen LogP contribution in [0.4, 0.5) is 0 Å². The van der Waals surface area contributed by atoms with Crippen LogP contribution in [-0.4, -0.2) is 48.7 Å². The summed E-state index contributed by atoms with van der Waals surface area (Å²) in [6.07, 6.45) is 0. The summed E-state index contributed by atoms with van der Waals surface area (Å²) in [5.41, 5.74) is 0. The van der Waals surface area contributed by atoms with E-state index < -0.39 is 19.1 Å². The van der Waals surface area contributed by atoms with E-state index >= 15 is 0 Å². The van der Waals surface area contributed by atoms with Crippen LogP contribution in [0.1, 0.15) is 0 Å². The standard InChI is InChI=1S/Ca.2O.H2P.H3Si.Ti/h;;;1H2;1H3;/q+2;;;2*-1;. The molecule has 32 valence electrons. The molecule has 0 aliphatic carbocycles. The molecule has 0 rings (SSSR count). The SMILES string of the molecule is [Ca+2].[O]=[Ti]=[O].[PH2-].[SiH3-]. The summed E-state index contributed by atoms with van der Waals surface area (Å²) in [5.74, 6) is 0. The zero-order valence-corrected chi connectivity index (χ0v) is 10.5. The minimum atomic E-state index is -2.00. The molecule has 2 nitrogen and oxygen atoms in total. The Labute approximate surface area is 83.0 Å². The van der Waals surface area contributed by atoms with Crippen LogP contribution in [0.2, 0.25) is 0 Å². The zero-order chi connectivity index (χ0) is 2.71. The van der Waals surface area contributed by atoms with Crippen LogP contribution in [0.5, 0.6) is 0 Å². The van der Waals surface area contributed by atoms with Crippen LogP contribution < -0.4 is 0 Å². The Kier molecular flexibility index (Phi) is 108. The second-order valence-corrected chi connectivity index (χ2v) is 0.344. The van der Waals surface area contributed by atoms with Gasteiger partial charge in [0.05, 0.1) is 0 Å². The summed E-state index contributed by atoms with van der Waals surface area (Å²) in [5, 5.41) is 0. The fourth-order valence-corrected chi connectivity index (χ4v) is 0. The van der Waals surface area contributed by atoms with Crippen LogP contribution in [0.3, 0.4) is 0 Å². The largest absolute Gasteiger partial charge is 0.577 e. The molecule has 0 radical (unpaired) electrons. The molecule has 6 heteroatoms. The van der Waals surface area contributed by atoms with Crippen LogP contribution in [-0.2, 0) is 25.7 Å². The van der Waals surface area contributed by atoms with Crippen LogP contribution >= 0.6 is 9.90 Å². The molecule has 0 atom stereocenters. The van der Waals surface area contributed by atoms with Crippen molar-refractivity contribution >= 4 is 58.6 Å². The predicted octanol–water partition coefficient (Wildman–Crippen LogP) is -1.48. The van der Waals surface area contributed by atoms with Gasteiger partial charge in [-0.25, -0.2) is 0 Å². The van der Waals surface area contributed by atoms with Crippen molar-refractivity contribution in [3.05, 3.63) is 0 Å². The maximum Gasteiger partial charge on any atom is -0.314 e. The van der Waals surface area contributed by atoms with Gasteiger partial charge in [0.25, 0.3) is 0 Å². The van der Waals surface area contributed by atoms with E-state index in [0.29, 0.717) is 0 Å². The summed E-state index contributed by atoms with van der Waals surface area (Å²) in [6.45, 7) is 0. The second-order valence-electron chi connectivity index (χ2n) is 0.0833. The Morgan fingerprint density at radius 3 is 1.17 bits per heavy atom. The maximum atomic E-state index is 8.50. The van der Waals surface area contributed by atoms with Gasteiger partial charge in [-0.15, -0.1) is 0 Å². The van der Waals surface area contributed by atoms with Gasteiger partial charge >= 0.3 is 63.5 Å². The predicted molar refractivity (Wildman–Crippen MR) is 26.8 cm³/mol. The van der Waals surface area contributed by atoms with E-state index in [1.165, 1.54) is 0 Å². The molecule has 0 heterocycles. The van der Waals surface area contributed by atoms with Crippen molar-refractivity contribution in [3.63, 3.8) is 0 Å². The molecule has 0 spiro atoms. The average molecular weight is 184 g/mol. The average Bonchev–Trinajstić information content (AvgIpc) is 0.918. The van der Waals surface area contributed by atoms with Gasteiger partial charge in [0.15, 0.2) is 0 Å². The maximum absolute atomic E-state index is 8.50. The fourth-order valence-electron chi connectivity index (χ4n) is 0. The molecule has 0 aliphatic heterocycles. The van der Waals surface area contributed by atoms with E-state index in [9.17, 15) is 0 Å². The van der Waals surface area contributed by atoms with Gasteiger partial charge in [0.2, 0.25) is 0 Å². The molecule has 0 aromatic rings. The van der Waals surface area contributed by atoms with Crippen molar-refractivity contribution in [1.29, 1.82) is 0 Å². The Balaban J connectivity index is -0.00000000667. The summed E-state index contributed by atoms with van der Waals surface area (Å²) < 4.78 is 17.0. The Bertz CT molecular complexity index is 34.5. The van der Waals surface area contributed by atoms with E-state index in [1.54, 1.807) is 0 Å². The minimum Gasteiger partial charge on any atom is -0.577 e. The van der Waals surface area contributed by atoms with Gasteiger partial charge in [-0.05, 0) is 0 Å². The molecule has 0 fully saturated rings. The van der Waals surface area contributed by atoms with Crippen molar-refractivity contribution in [1.82, 2.24) is 0 Å². The molecule has 0 aromatic heterocycles. The monoisotopic (exact) mass is 184 g/mol. The molecular formula is H5CaO2PSiTi. The topological polar surface area (TPSA) is 34.1 Å². The number of hydrogen-bond acceptors (Lipinski definition) is 2. The summed E-state index contributed by atoms with van der Waals surface area (Å²) in [6, 6.07) is 0. The smallest absolute Gasteiger partial charge is 0.314 e. The van der Waals surface area contributed by atoms with Crippen molar-refractivity contribution in [2.75, 3.05) is 0 Å². The van der Waals surface area contributed by atoms with Crippen LogP contribution in [0, 0.1) is 0 Å². The Hall–Kier alpha value is 2.22. The third-order valence-corrected chi connectivity index (χ3v) is 0. The van der Waals surface area contributed by atoms with Gasteiger partial charge in [0.1, 0.15) is 0 Å². The molecule has 0 bridgehead atoms. The second kappa shape index (κ2) is 26.9. The first kappa shape index (κ1) is 24.1. The van der Waals surface area contributed by atoms with Gasteiger partial charge in [-0.2, -0.15) is 0 Å². The van der Waals surface area contributed by atoms with Gasteiger partial charge in [-0.3, -0.25) is 0 Å². The summed E-state index contributed by atoms with van der Waals surface area (Å²) >= 11 is -2.00. The van der Waals surface area contributed by atoms with E-state index in [2.05, 4.69) is 0 Å². The first-order valence-electron chi connectivity index (χ1n) is 0.408. The Morgan fingerprint density at radius 1 is 1.17 bits per heavy atom. The summed E-state index contributed by atoms with van der Waals surface area (Å²) in [4.78, 5) is 0. The first-order valence-corrected chi connectivity index (χ1v) is 1.68. The van der Waals surface area contributed by atoms with E-state index in [1.807, 2.05) is 0 Å². The summed E-state index contributed by atoms with van der Waals surface area (Å²) in [7, 11) is 0. The molecule has 0 amide bonds. The molecule has 6 heavy (non-hydrogen) atoms. The van der Waals surface area contributed by atoms with E-state index in [-0.39, 0.29) is 58.6 Å². The van der Waals surface area contributed by atoms with E-state index in [4.69, 9.17) is 6.65 Å². The van der Waals surface area contributed by atoms with Crippen LogP contribution in [0.15, 0.2) is 0 Å². The zero-order valence-electron chi connectivity index (χ0n) is 3.60. The molecule has 0 aromatic carbocycles. The fraction of sp³-hybridized carbons (Fsp3) is 0. The van der Waals surface area contributed by atoms with Gasteiger partial charge < -0.3 is 20.9 Å². The molecule has 0 aliphatic rings. The first-order chi connectivity index (χ1) is 1.41. The number of rotatable bonds is 0. The number of hydrogen-bond donors (Lipinski definition) is 0. The van der Waals surface area contributed by atoms with E-state index in [0.717, 1.165) is 0 Å². The normalized spacial score (nSPS) is 1.33. The van der Waals surface area contributed by atoms with Gasteiger partial charge in [0, 0.05) is 0 Å². The molecule has 0 N–H and O–H groups in total. The minimum absolute atomic E-state index is 0. The van der Waals surface area contributed by atoms with Crippen molar-refractivity contribution in [2.45, 2.75) is 0 Å².